The number of amidine groups is 1. The maximum atomic E-state index is 4.71. The van der Waals surface area contributed by atoms with Gasteiger partial charge in [0.2, 0.25) is 0 Å². The van der Waals surface area contributed by atoms with Gasteiger partial charge in [0, 0.05) is 18.8 Å². The van der Waals surface area contributed by atoms with Crippen LogP contribution in [0.4, 0.5) is 0 Å². The quantitative estimate of drug-likeness (QED) is 0.748. The Morgan fingerprint density at radius 2 is 2.20 bits per heavy atom. The minimum absolute atomic E-state index is 0.584. The minimum atomic E-state index is 0.584. The molecule has 0 unspecified atom stereocenters. The van der Waals surface area contributed by atoms with Gasteiger partial charge in [-0.3, -0.25) is 4.99 Å². The third-order valence-corrected chi connectivity index (χ3v) is 4.85. The summed E-state index contributed by atoms with van der Waals surface area (Å²) in [6.45, 7) is 4.40. The highest BCUT2D eigenvalue weighted by molar-refractivity contribution is 8.13. The standard InChI is InChI=1S/C12H22N2S/c1-2-3-8-13-11-14-9-12(10-15-11)6-4-5-7-12/h2-10H2,1H3,(H,13,14). The molecular weight excluding hydrogens is 204 g/mol. The molecule has 1 fully saturated rings. The summed E-state index contributed by atoms with van der Waals surface area (Å²) in [6.07, 6.45) is 8.18. The van der Waals surface area contributed by atoms with E-state index in [2.05, 4.69) is 12.2 Å². The smallest absolute Gasteiger partial charge is 0.156 e. The molecule has 0 radical (unpaired) electrons. The van der Waals surface area contributed by atoms with E-state index in [4.69, 9.17) is 4.99 Å². The van der Waals surface area contributed by atoms with Gasteiger partial charge >= 0.3 is 0 Å². The van der Waals surface area contributed by atoms with Crippen LogP contribution in [0.1, 0.15) is 45.4 Å². The molecule has 15 heavy (non-hydrogen) atoms. The van der Waals surface area contributed by atoms with Crippen molar-refractivity contribution in [1.82, 2.24) is 5.32 Å². The molecule has 0 atom stereocenters. The Balaban J connectivity index is 1.78. The number of thioether (sulfide) groups is 1. The Morgan fingerprint density at radius 3 is 2.80 bits per heavy atom. The van der Waals surface area contributed by atoms with Crippen LogP contribution in [0.25, 0.3) is 0 Å². The van der Waals surface area contributed by atoms with Crippen molar-refractivity contribution in [1.29, 1.82) is 0 Å². The van der Waals surface area contributed by atoms with Crippen LogP contribution >= 0.6 is 11.8 Å². The van der Waals surface area contributed by atoms with Crippen LogP contribution in [0.15, 0.2) is 4.99 Å². The topological polar surface area (TPSA) is 24.4 Å². The first kappa shape index (κ1) is 11.3. The van der Waals surface area contributed by atoms with E-state index in [1.165, 1.54) is 49.4 Å². The predicted octanol–water partition coefficient (Wildman–Crippen LogP) is 3.04. The average molecular weight is 226 g/mol. The molecule has 0 amide bonds. The van der Waals surface area contributed by atoms with Crippen LogP contribution < -0.4 is 5.32 Å². The van der Waals surface area contributed by atoms with Crippen molar-refractivity contribution >= 4 is 16.9 Å². The number of unbranched alkanes of at least 4 members (excludes halogenated alkanes) is 1. The van der Waals surface area contributed by atoms with Crippen LogP contribution in [-0.2, 0) is 0 Å². The molecule has 0 bridgehead atoms. The highest BCUT2D eigenvalue weighted by Gasteiger charge is 2.36. The van der Waals surface area contributed by atoms with Gasteiger partial charge in [0.15, 0.2) is 5.17 Å². The van der Waals surface area contributed by atoms with Gasteiger partial charge in [-0.25, -0.2) is 0 Å². The number of rotatable bonds is 3. The van der Waals surface area contributed by atoms with E-state index in [-0.39, 0.29) is 0 Å². The van der Waals surface area contributed by atoms with Crippen molar-refractivity contribution < 1.29 is 0 Å². The number of hydrogen-bond donors (Lipinski definition) is 1. The Kier molecular flexibility index (Phi) is 3.95. The average Bonchev–Trinajstić information content (AvgIpc) is 2.71. The first-order valence-corrected chi connectivity index (χ1v) is 7.24. The minimum Gasteiger partial charge on any atom is -0.365 e. The molecule has 1 aliphatic carbocycles. The second kappa shape index (κ2) is 5.24. The monoisotopic (exact) mass is 226 g/mol. The first-order chi connectivity index (χ1) is 7.35. The van der Waals surface area contributed by atoms with Gasteiger partial charge in [-0.15, -0.1) is 0 Å². The summed E-state index contributed by atoms with van der Waals surface area (Å²) >= 11 is 1.95. The molecule has 1 aliphatic heterocycles. The Hall–Kier alpha value is -0.180. The molecule has 0 aromatic rings. The van der Waals surface area contributed by atoms with Gasteiger partial charge in [0.05, 0.1) is 0 Å². The summed E-state index contributed by atoms with van der Waals surface area (Å²) in [5.74, 6) is 1.30. The lowest BCUT2D eigenvalue weighted by Crippen LogP contribution is -2.33. The summed E-state index contributed by atoms with van der Waals surface area (Å²) in [5, 5.41) is 4.64. The summed E-state index contributed by atoms with van der Waals surface area (Å²) < 4.78 is 0. The van der Waals surface area contributed by atoms with E-state index >= 15 is 0 Å². The van der Waals surface area contributed by atoms with E-state index in [0.717, 1.165) is 13.1 Å². The molecule has 2 rings (SSSR count). The molecule has 1 spiro atoms. The summed E-state index contributed by atoms with van der Waals surface area (Å²) in [6, 6.07) is 0. The molecule has 1 heterocycles. The molecule has 1 saturated carbocycles. The van der Waals surface area contributed by atoms with E-state index in [0.29, 0.717) is 5.41 Å². The highest BCUT2D eigenvalue weighted by atomic mass is 32.2. The van der Waals surface area contributed by atoms with Crippen LogP contribution in [0.3, 0.4) is 0 Å². The van der Waals surface area contributed by atoms with Gasteiger partial charge in [-0.05, 0) is 24.7 Å². The third kappa shape index (κ3) is 2.90. The summed E-state index contributed by atoms with van der Waals surface area (Å²) in [7, 11) is 0. The molecule has 0 saturated heterocycles. The molecule has 3 heteroatoms. The van der Waals surface area contributed by atoms with Crippen LogP contribution in [0, 0.1) is 5.41 Å². The molecule has 86 valence electrons. The Bertz CT molecular complexity index is 232. The summed E-state index contributed by atoms with van der Waals surface area (Å²) in [4.78, 5) is 4.71. The van der Waals surface area contributed by atoms with Crippen molar-refractivity contribution in [2.75, 3.05) is 18.8 Å². The zero-order chi connectivity index (χ0) is 10.6. The van der Waals surface area contributed by atoms with E-state index in [1.807, 2.05) is 11.8 Å². The predicted molar refractivity (Wildman–Crippen MR) is 68.6 cm³/mol. The molecule has 2 nitrogen and oxygen atoms in total. The molecule has 1 N–H and O–H groups in total. The fourth-order valence-electron chi connectivity index (χ4n) is 2.46. The molecule has 0 aromatic heterocycles. The lowest BCUT2D eigenvalue weighted by molar-refractivity contribution is 0.358. The Morgan fingerprint density at radius 1 is 1.40 bits per heavy atom. The maximum absolute atomic E-state index is 4.71. The van der Waals surface area contributed by atoms with E-state index in [1.54, 1.807) is 0 Å². The van der Waals surface area contributed by atoms with E-state index < -0.39 is 0 Å². The number of nitrogens with one attached hydrogen (secondary N) is 1. The van der Waals surface area contributed by atoms with Gasteiger partial charge in [-0.2, -0.15) is 0 Å². The van der Waals surface area contributed by atoms with Crippen molar-refractivity contribution in [3.63, 3.8) is 0 Å². The van der Waals surface area contributed by atoms with Crippen LogP contribution in [0.2, 0.25) is 0 Å². The van der Waals surface area contributed by atoms with Gasteiger partial charge in [0.25, 0.3) is 0 Å². The summed E-state index contributed by atoms with van der Waals surface area (Å²) in [5.41, 5.74) is 0.584. The van der Waals surface area contributed by atoms with Crippen molar-refractivity contribution in [3.05, 3.63) is 0 Å². The van der Waals surface area contributed by atoms with Gasteiger partial charge in [-0.1, -0.05) is 37.9 Å². The second-order valence-electron chi connectivity index (χ2n) is 4.90. The zero-order valence-corrected chi connectivity index (χ0v) is 10.5. The SMILES string of the molecule is CCCCNC1=NCC2(CCCC2)CS1. The first-order valence-electron chi connectivity index (χ1n) is 6.26. The normalized spacial score (nSPS) is 24.2. The number of aliphatic imine (C=N–C) groups is 1. The number of nitrogens with zero attached hydrogens (tertiary/aromatic N) is 1. The Labute approximate surface area is 97.3 Å². The van der Waals surface area contributed by atoms with Crippen molar-refractivity contribution in [2.24, 2.45) is 10.4 Å². The van der Waals surface area contributed by atoms with E-state index in [9.17, 15) is 0 Å². The molecular formula is C12H22N2S. The highest BCUT2D eigenvalue weighted by Crippen LogP contribution is 2.43. The van der Waals surface area contributed by atoms with Crippen LogP contribution in [0.5, 0.6) is 0 Å². The largest absolute Gasteiger partial charge is 0.365 e. The third-order valence-electron chi connectivity index (χ3n) is 3.54. The zero-order valence-electron chi connectivity index (χ0n) is 9.72. The lowest BCUT2D eigenvalue weighted by atomic mass is 9.89. The lowest BCUT2D eigenvalue weighted by Gasteiger charge is -2.31. The second-order valence-corrected chi connectivity index (χ2v) is 5.86. The molecule has 0 aromatic carbocycles. The molecule has 2 aliphatic rings. The fourth-order valence-corrected chi connectivity index (χ4v) is 3.64. The van der Waals surface area contributed by atoms with Gasteiger partial charge < -0.3 is 5.32 Å². The van der Waals surface area contributed by atoms with Crippen LogP contribution in [-0.4, -0.2) is 24.0 Å². The van der Waals surface area contributed by atoms with Crippen molar-refractivity contribution in [3.8, 4) is 0 Å². The van der Waals surface area contributed by atoms with Gasteiger partial charge in [0.1, 0.15) is 0 Å². The number of hydrogen-bond acceptors (Lipinski definition) is 3. The van der Waals surface area contributed by atoms with Crippen molar-refractivity contribution in [2.45, 2.75) is 45.4 Å². The maximum Gasteiger partial charge on any atom is 0.156 e. The fraction of sp³-hybridized carbons (Fsp3) is 0.917.